The Morgan fingerprint density at radius 1 is 1.00 bits per heavy atom. The van der Waals surface area contributed by atoms with E-state index in [1.165, 1.54) is 31.2 Å². The van der Waals surface area contributed by atoms with Crippen LogP contribution in [0.1, 0.15) is 48.5 Å². The van der Waals surface area contributed by atoms with Crippen LogP contribution in [0.25, 0.3) is 0 Å². The first-order valence-electron chi connectivity index (χ1n) is 14.2. The standard InChI is InChI=1S/C32H34ClFN4O4/c1-3-38(32(41)42-27-11-9-26(34)10-12-27)29-20-37(19-28(29)22-4-7-25(33)8-5-22)31(40)23-14-16-36(17-15-23)30-13-6-24(18-35-30)21(2)39/h4-13,18,23,28-29H,3,14-17,19-20H2,1-2H3/t28-,29+/m1/s1. The van der Waals surface area contributed by atoms with Crippen molar-refractivity contribution in [2.45, 2.75) is 38.6 Å². The molecular weight excluding hydrogens is 559 g/mol. The Bertz CT molecular complexity index is 1410. The molecule has 0 bridgehead atoms. The van der Waals surface area contributed by atoms with Crippen molar-refractivity contribution in [3.05, 3.63) is 88.8 Å². The van der Waals surface area contributed by atoms with Gasteiger partial charge < -0.3 is 19.4 Å². The molecule has 2 saturated heterocycles. The molecule has 10 heteroatoms. The predicted molar refractivity (Wildman–Crippen MR) is 159 cm³/mol. The number of likely N-dealkylation sites (N-methyl/N-ethyl adjacent to an activating group) is 1. The number of Topliss-reactive ketones (excluding diaryl/α,β-unsaturated/α-hetero) is 1. The van der Waals surface area contributed by atoms with Crippen LogP contribution in [-0.2, 0) is 4.79 Å². The topological polar surface area (TPSA) is 83.0 Å². The normalized spacial score (nSPS) is 19.0. The monoisotopic (exact) mass is 592 g/mol. The third-order valence-electron chi connectivity index (χ3n) is 8.22. The fraction of sp³-hybridized carbons (Fsp3) is 0.375. The highest BCUT2D eigenvalue weighted by atomic mass is 35.5. The van der Waals surface area contributed by atoms with Crippen molar-refractivity contribution in [1.82, 2.24) is 14.8 Å². The molecule has 5 rings (SSSR count). The smallest absolute Gasteiger partial charge is 0.410 e. The molecule has 2 aliphatic rings. The molecule has 0 aliphatic carbocycles. The van der Waals surface area contributed by atoms with Gasteiger partial charge in [-0.15, -0.1) is 0 Å². The Morgan fingerprint density at radius 3 is 2.29 bits per heavy atom. The molecule has 2 fully saturated rings. The fourth-order valence-electron chi connectivity index (χ4n) is 5.88. The summed E-state index contributed by atoms with van der Waals surface area (Å²) in [5, 5.41) is 0.612. The Hall–Kier alpha value is -3.98. The molecule has 220 valence electrons. The lowest BCUT2D eigenvalue weighted by Crippen LogP contribution is -2.47. The fourth-order valence-corrected chi connectivity index (χ4v) is 6.00. The Morgan fingerprint density at radius 2 is 1.69 bits per heavy atom. The summed E-state index contributed by atoms with van der Waals surface area (Å²) in [5.41, 5.74) is 1.56. The molecule has 0 N–H and O–H groups in total. The van der Waals surface area contributed by atoms with E-state index in [1.807, 2.05) is 42.2 Å². The van der Waals surface area contributed by atoms with Crippen LogP contribution in [0.5, 0.6) is 5.75 Å². The van der Waals surface area contributed by atoms with Crippen molar-refractivity contribution in [2.24, 2.45) is 5.92 Å². The van der Waals surface area contributed by atoms with E-state index in [9.17, 15) is 18.8 Å². The van der Waals surface area contributed by atoms with Gasteiger partial charge in [0.15, 0.2) is 5.78 Å². The second-order valence-corrected chi connectivity index (χ2v) is 11.2. The number of likely N-dealkylation sites (tertiary alicyclic amines) is 1. The van der Waals surface area contributed by atoms with Crippen molar-refractivity contribution in [3.63, 3.8) is 0 Å². The van der Waals surface area contributed by atoms with E-state index >= 15 is 0 Å². The number of carbonyl (C=O) groups is 3. The lowest BCUT2D eigenvalue weighted by atomic mass is 9.93. The minimum atomic E-state index is -0.543. The van der Waals surface area contributed by atoms with Crippen molar-refractivity contribution in [3.8, 4) is 5.75 Å². The SMILES string of the molecule is CCN(C(=O)Oc1ccc(F)cc1)[C@H]1CN(C(=O)C2CCN(c3ccc(C(C)=O)cn3)CC2)C[C@@H]1c1ccc(Cl)cc1. The molecule has 2 amide bonds. The predicted octanol–water partition coefficient (Wildman–Crippen LogP) is 5.81. The van der Waals surface area contributed by atoms with Gasteiger partial charge in [0.25, 0.3) is 0 Å². The number of benzene rings is 2. The summed E-state index contributed by atoms with van der Waals surface area (Å²) >= 11 is 6.16. The summed E-state index contributed by atoms with van der Waals surface area (Å²) in [6, 6.07) is 16.2. The van der Waals surface area contributed by atoms with Gasteiger partial charge in [-0.2, -0.15) is 0 Å². The van der Waals surface area contributed by atoms with Crippen molar-refractivity contribution >= 4 is 35.2 Å². The summed E-state index contributed by atoms with van der Waals surface area (Å²) < 4.78 is 19.0. The van der Waals surface area contributed by atoms with E-state index in [4.69, 9.17) is 16.3 Å². The molecular formula is C32H34ClFN4O4. The third-order valence-corrected chi connectivity index (χ3v) is 8.47. The third kappa shape index (κ3) is 6.57. The molecule has 1 aromatic heterocycles. The van der Waals surface area contributed by atoms with Gasteiger partial charge in [0.05, 0.1) is 6.04 Å². The maximum absolute atomic E-state index is 13.8. The highest BCUT2D eigenvalue weighted by Gasteiger charge is 2.43. The lowest BCUT2D eigenvalue weighted by molar-refractivity contribution is -0.135. The number of rotatable bonds is 7. The first-order chi connectivity index (χ1) is 20.2. The Labute approximate surface area is 250 Å². The number of piperidine rings is 1. The summed E-state index contributed by atoms with van der Waals surface area (Å²) in [4.78, 5) is 48.8. The van der Waals surface area contributed by atoms with Crippen LogP contribution >= 0.6 is 11.6 Å². The van der Waals surface area contributed by atoms with Gasteiger partial charge in [0.1, 0.15) is 17.4 Å². The molecule has 0 unspecified atom stereocenters. The van der Waals surface area contributed by atoms with E-state index in [1.54, 1.807) is 17.2 Å². The number of ketones is 1. The van der Waals surface area contributed by atoms with Gasteiger partial charge in [-0.3, -0.25) is 9.59 Å². The molecule has 42 heavy (non-hydrogen) atoms. The number of pyridine rings is 1. The van der Waals surface area contributed by atoms with Crippen LogP contribution in [0, 0.1) is 11.7 Å². The molecule has 3 aromatic rings. The molecule has 0 radical (unpaired) electrons. The first kappa shape index (κ1) is 29.5. The number of carbonyl (C=O) groups excluding carboxylic acids is 3. The van der Waals surface area contributed by atoms with Gasteiger partial charge in [-0.05, 0) is 80.8 Å². The summed E-state index contributed by atoms with van der Waals surface area (Å²) in [6.45, 7) is 6.00. The average Bonchev–Trinajstić information content (AvgIpc) is 3.44. The zero-order chi connectivity index (χ0) is 29.8. The molecule has 2 atom stereocenters. The summed E-state index contributed by atoms with van der Waals surface area (Å²) in [5.74, 6) is 0.435. The van der Waals surface area contributed by atoms with E-state index in [0.717, 1.165) is 11.4 Å². The van der Waals surface area contributed by atoms with E-state index in [2.05, 4.69) is 9.88 Å². The maximum Gasteiger partial charge on any atom is 0.415 e. The Kier molecular flexibility index (Phi) is 9.06. The Balaban J connectivity index is 1.29. The second kappa shape index (κ2) is 12.9. The van der Waals surface area contributed by atoms with E-state index in [0.29, 0.717) is 56.2 Å². The second-order valence-electron chi connectivity index (χ2n) is 10.8. The van der Waals surface area contributed by atoms with Gasteiger partial charge >= 0.3 is 6.09 Å². The largest absolute Gasteiger partial charge is 0.415 e. The van der Waals surface area contributed by atoms with Gasteiger partial charge in [0.2, 0.25) is 5.91 Å². The van der Waals surface area contributed by atoms with Crippen LogP contribution in [0.15, 0.2) is 66.9 Å². The van der Waals surface area contributed by atoms with Gasteiger partial charge in [-0.25, -0.2) is 14.2 Å². The minimum Gasteiger partial charge on any atom is -0.410 e. The van der Waals surface area contributed by atoms with E-state index < -0.39 is 11.9 Å². The first-order valence-corrected chi connectivity index (χ1v) is 14.6. The average molecular weight is 593 g/mol. The highest BCUT2D eigenvalue weighted by Crippen LogP contribution is 2.35. The number of halogens is 2. The molecule has 8 nitrogen and oxygen atoms in total. The number of nitrogens with zero attached hydrogens (tertiary/aromatic N) is 4. The molecule has 0 saturated carbocycles. The van der Waals surface area contributed by atoms with Crippen LogP contribution in [0.2, 0.25) is 5.02 Å². The number of hydrogen-bond donors (Lipinski definition) is 0. The van der Waals surface area contributed by atoms with Crippen LogP contribution in [0.3, 0.4) is 0 Å². The number of ether oxygens (including phenoxy) is 1. The number of hydrogen-bond acceptors (Lipinski definition) is 6. The van der Waals surface area contributed by atoms with Crippen LogP contribution in [-0.4, -0.2) is 71.3 Å². The quantitative estimate of drug-likeness (QED) is 0.322. The highest BCUT2D eigenvalue weighted by molar-refractivity contribution is 6.30. The minimum absolute atomic E-state index is 0.0236. The number of anilines is 1. The van der Waals surface area contributed by atoms with Gasteiger partial charge in [-0.1, -0.05) is 23.7 Å². The van der Waals surface area contributed by atoms with Crippen molar-refractivity contribution < 1.29 is 23.5 Å². The lowest BCUT2D eigenvalue weighted by Gasteiger charge is -2.34. The van der Waals surface area contributed by atoms with Crippen LogP contribution < -0.4 is 9.64 Å². The molecule has 3 heterocycles. The molecule has 0 spiro atoms. The zero-order valence-electron chi connectivity index (χ0n) is 23.7. The number of amides is 2. The summed E-state index contributed by atoms with van der Waals surface area (Å²) in [6.07, 6.45) is 2.42. The molecule has 2 aromatic carbocycles. The van der Waals surface area contributed by atoms with Crippen LogP contribution in [0.4, 0.5) is 15.0 Å². The summed E-state index contributed by atoms with van der Waals surface area (Å²) in [7, 11) is 0. The van der Waals surface area contributed by atoms with E-state index in [-0.39, 0.29) is 35.3 Å². The number of aromatic nitrogens is 1. The maximum atomic E-state index is 13.8. The van der Waals surface area contributed by atoms with Crippen molar-refractivity contribution in [2.75, 3.05) is 37.6 Å². The molecule has 2 aliphatic heterocycles. The van der Waals surface area contributed by atoms with Gasteiger partial charge in [0, 0.05) is 61.3 Å². The zero-order valence-corrected chi connectivity index (χ0v) is 24.5. The van der Waals surface area contributed by atoms with Crippen molar-refractivity contribution in [1.29, 1.82) is 0 Å².